The smallest absolute Gasteiger partial charge is 0.161 e. The topological polar surface area (TPSA) is 164 Å². The first kappa shape index (κ1) is 42.3. The number of H-pyrrole nitrogens is 1. The van der Waals surface area contributed by atoms with E-state index in [1.807, 2.05) is 24.4 Å². The maximum absolute atomic E-state index is 12.4. The number of aryl methyl sites for hydroxylation is 1. The number of allylic oxidation sites excluding steroid dienone is 3. The molecule has 2 saturated carbocycles. The molecule has 9 nitrogen and oxygen atoms in total. The predicted molar refractivity (Wildman–Crippen MR) is 240 cm³/mol. The summed E-state index contributed by atoms with van der Waals surface area (Å²) in [5.41, 5.74) is 13.2. The second-order valence-corrected chi connectivity index (χ2v) is 21.7. The first-order chi connectivity index (χ1) is 29.1. The van der Waals surface area contributed by atoms with Gasteiger partial charge in [-0.15, -0.1) is 0 Å². The Morgan fingerprint density at radius 1 is 1.03 bits per heavy atom. The van der Waals surface area contributed by atoms with E-state index in [0.717, 1.165) is 72.9 Å². The van der Waals surface area contributed by atoms with Gasteiger partial charge in [0.05, 0.1) is 18.3 Å². The van der Waals surface area contributed by atoms with Crippen LogP contribution in [0.25, 0.3) is 0 Å². The number of hydrogen-bond donors (Lipinski definition) is 8. The van der Waals surface area contributed by atoms with Crippen molar-refractivity contribution in [3.63, 3.8) is 0 Å². The molecule has 1 aromatic carbocycles. The molecule has 324 valence electrons. The second kappa shape index (κ2) is 17.7. The van der Waals surface area contributed by atoms with Crippen LogP contribution in [0.15, 0.2) is 65.2 Å². The van der Waals surface area contributed by atoms with Gasteiger partial charge in [0.15, 0.2) is 11.5 Å². The summed E-state index contributed by atoms with van der Waals surface area (Å²) in [6.45, 7) is 2.73. The maximum Gasteiger partial charge on any atom is 0.161 e. The van der Waals surface area contributed by atoms with Gasteiger partial charge in [0.25, 0.3) is 0 Å². The highest BCUT2D eigenvalue weighted by atomic mass is 33.1. The number of dihydropyridines is 1. The van der Waals surface area contributed by atoms with Gasteiger partial charge >= 0.3 is 0 Å². The van der Waals surface area contributed by atoms with Gasteiger partial charge in [0, 0.05) is 71.2 Å². The zero-order chi connectivity index (χ0) is 41.6. The minimum atomic E-state index is -1.01. The molecular weight excluding hydrogens is 791 g/mol. The Morgan fingerprint density at radius 3 is 2.67 bits per heavy atom. The summed E-state index contributed by atoms with van der Waals surface area (Å²) in [7, 11) is 3.29. The Kier molecular flexibility index (Phi) is 12.5. The Morgan fingerprint density at radius 2 is 1.88 bits per heavy atom. The molecule has 11 unspecified atom stereocenters. The minimum absolute atomic E-state index is 0.0198. The third-order valence-corrected chi connectivity index (χ3v) is 18.5. The molecule has 2 aliphatic heterocycles. The summed E-state index contributed by atoms with van der Waals surface area (Å²) in [5.74, 6) is 8.83. The highest BCUT2D eigenvalue weighted by Gasteiger charge is 2.55. The van der Waals surface area contributed by atoms with Crippen LogP contribution >= 0.6 is 21.6 Å². The van der Waals surface area contributed by atoms with E-state index in [0.29, 0.717) is 48.9 Å². The number of aliphatic hydroxyl groups excluding tert-OH is 4. The Bertz CT molecular complexity index is 2030. The first-order valence-corrected chi connectivity index (χ1v) is 25.3. The highest BCUT2D eigenvalue weighted by molar-refractivity contribution is 8.76. The number of hydrogen-bond acceptors (Lipinski definition) is 10. The van der Waals surface area contributed by atoms with Crippen LogP contribution in [0.2, 0.25) is 0 Å². The van der Waals surface area contributed by atoms with E-state index in [1.54, 1.807) is 21.6 Å². The van der Waals surface area contributed by atoms with E-state index in [1.165, 1.54) is 31.3 Å². The van der Waals surface area contributed by atoms with Crippen molar-refractivity contribution in [1.29, 1.82) is 0 Å². The van der Waals surface area contributed by atoms with Crippen molar-refractivity contribution in [3.8, 4) is 23.3 Å². The van der Waals surface area contributed by atoms with Crippen molar-refractivity contribution in [1.82, 2.24) is 10.3 Å². The van der Waals surface area contributed by atoms with Crippen molar-refractivity contribution in [2.45, 2.75) is 127 Å². The molecule has 11 atom stereocenters. The van der Waals surface area contributed by atoms with Gasteiger partial charge in [0.1, 0.15) is 11.9 Å². The van der Waals surface area contributed by atoms with Gasteiger partial charge in [-0.2, -0.15) is 0 Å². The molecule has 0 amide bonds. The predicted octanol–water partition coefficient (Wildman–Crippen LogP) is 7.26. The number of ether oxygens (including phenoxy) is 1. The second-order valence-electron chi connectivity index (χ2n) is 19.2. The number of aromatic amines is 1. The Hall–Kier alpha value is -2.98. The lowest BCUT2D eigenvalue weighted by atomic mass is 9.57. The highest BCUT2D eigenvalue weighted by Crippen LogP contribution is 2.62. The summed E-state index contributed by atoms with van der Waals surface area (Å²) in [4.78, 5) is 3.37. The van der Waals surface area contributed by atoms with Crippen LogP contribution in [0.1, 0.15) is 107 Å². The van der Waals surface area contributed by atoms with E-state index in [-0.39, 0.29) is 52.8 Å². The fraction of sp³-hybridized carbons (Fsp3) is 0.633. The molecule has 1 saturated heterocycles. The number of aromatic nitrogens is 1. The standard InChI is InChI=1S/C49H65N3O6S2/c1-2-48-15-5-7-32(25-49(48)13-3-4-14-49)46(57)44-31(11-16-48)19-29-9-10-30-21-40(54)42(24-38(30)37(29)23-41(44)55)58-43-22-33(20-35-8-6-17-51-35)36-12-18-52-47(50)39(36)28-60-59-27-34(26-53)45(43)56/h6,8,12,17,19,21,24,31-34,37,41,43-46,51-57H,2-5,7,9-10,13-15,18,20,22-23,25-28,50H2,1H3. The zero-order valence-electron chi connectivity index (χ0n) is 35.1. The lowest BCUT2D eigenvalue weighted by Gasteiger charge is -2.46. The number of phenols is 1. The van der Waals surface area contributed by atoms with E-state index in [9.17, 15) is 25.5 Å². The van der Waals surface area contributed by atoms with E-state index in [2.05, 4.69) is 47.3 Å². The first-order valence-electron chi connectivity index (χ1n) is 22.8. The van der Waals surface area contributed by atoms with Crippen LogP contribution < -0.4 is 15.8 Å². The molecule has 1 aromatic heterocycles. The number of nitrogens with two attached hydrogens (primary N) is 1. The molecule has 2 aromatic rings. The fourth-order valence-corrected chi connectivity index (χ4v) is 15.4. The van der Waals surface area contributed by atoms with Crippen LogP contribution in [0.4, 0.5) is 0 Å². The van der Waals surface area contributed by atoms with Gasteiger partial charge in [0.2, 0.25) is 0 Å². The number of nitrogens with one attached hydrogen (secondary N) is 2. The fourth-order valence-electron chi connectivity index (χ4n) is 12.9. The largest absolute Gasteiger partial charge is 0.504 e. The quantitative estimate of drug-likeness (QED) is 0.0844. The number of rotatable bonds is 6. The normalized spacial score (nSPS) is 36.4. The van der Waals surface area contributed by atoms with Crippen LogP contribution in [0.5, 0.6) is 11.5 Å². The van der Waals surface area contributed by atoms with Gasteiger partial charge < -0.3 is 46.3 Å². The lowest BCUT2D eigenvalue weighted by Crippen LogP contribution is -2.43. The van der Waals surface area contributed by atoms with Crippen LogP contribution in [0, 0.1) is 52.3 Å². The molecule has 9 rings (SSSR count). The molecule has 0 radical (unpaired) electrons. The molecule has 9 N–H and O–H groups in total. The van der Waals surface area contributed by atoms with E-state index < -0.39 is 30.3 Å². The molecular formula is C49H65N3O6S2. The number of aliphatic hydroxyl groups is 4. The Balaban J connectivity index is 1.07. The van der Waals surface area contributed by atoms with Crippen molar-refractivity contribution in [2.24, 2.45) is 46.2 Å². The molecule has 7 aliphatic rings. The summed E-state index contributed by atoms with van der Waals surface area (Å²) in [5, 5.41) is 62.4. The third kappa shape index (κ3) is 7.85. The zero-order valence-corrected chi connectivity index (χ0v) is 36.7. The molecule has 11 heteroatoms. The minimum Gasteiger partial charge on any atom is -0.504 e. The number of benzene rings is 1. The molecule has 3 heterocycles. The van der Waals surface area contributed by atoms with Crippen molar-refractivity contribution < 1.29 is 30.3 Å². The average Bonchev–Trinajstić information content (AvgIpc) is 3.89. The number of aromatic hydroxyl groups is 1. The van der Waals surface area contributed by atoms with Crippen LogP contribution in [-0.4, -0.2) is 79.6 Å². The molecule has 1 spiro atoms. The van der Waals surface area contributed by atoms with Gasteiger partial charge in [-0.05, 0) is 129 Å². The molecule has 2 bridgehead atoms. The summed E-state index contributed by atoms with van der Waals surface area (Å²) in [6.07, 6.45) is 16.4. The van der Waals surface area contributed by atoms with Crippen molar-refractivity contribution in [2.75, 3.05) is 24.7 Å². The van der Waals surface area contributed by atoms with Crippen molar-refractivity contribution >= 4 is 21.6 Å². The summed E-state index contributed by atoms with van der Waals surface area (Å²) >= 11 is 0. The number of phenolic OH excluding ortho intramolecular Hbond substituents is 1. The van der Waals surface area contributed by atoms with E-state index >= 15 is 0 Å². The van der Waals surface area contributed by atoms with Gasteiger partial charge in [-0.3, -0.25) is 0 Å². The third-order valence-electron chi connectivity index (χ3n) is 16.1. The SMILES string of the molecule is CCC12C#CC3C=C4CCc5cc(O)c(OC6CC(Cc7ccc[nH]7)C7=CCNC(N)=C7CSSCC(CO)C6O)cc5C4CC(O)C3C(O)C(CCC1)CC21CCCC1. The number of fused-ring (bicyclic) bond motifs is 6. The Labute approximate surface area is 363 Å². The molecule has 60 heavy (non-hydrogen) atoms. The lowest BCUT2D eigenvalue weighted by molar-refractivity contribution is -0.0467. The average molecular weight is 856 g/mol. The summed E-state index contributed by atoms with van der Waals surface area (Å²) < 4.78 is 6.87. The van der Waals surface area contributed by atoms with Crippen LogP contribution in [-0.2, 0) is 12.8 Å². The van der Waals surface area contributed by atoms with E-state index in [4.69, 9.17) is 10.5 Å². The van der Waals surface area contributed by atoms with Gasteiger partial charge in [-0.1, -0.05) is 77.3 Å². The monoisotopic (exact) mass is 855 g/mol. The molecule has 3 fully saturated rings. The van der Waals surface area contributed by atoms with Crippen LogP contribution in [0.3, 0.4) is 0 Å². The maximum atomic E-state index is 12.4. The van der Waals surface area contributed by atoms with Crippen molar-refractivity contribution in [3.05, 3.63) is 82.0 Å². The molecule has 5 aliphatic carbocycles. The summed E-state index contributed by atoms with van der Waals surface area (Å²) in [6, 6.07) is 7.82. The van der Waals surface area contributed by atoms with Gasteiger partial charge in [-0.25, -0.2) is 0 Å².